The first-order chi connectivity index (χ1) is 6.95. The van der Waals surface area contributed by atoms with Gasteiger partial charge in [-0.3, -0.25) is 0 Å². The van der Waals surface area contributed by atoms with E-state index in [1.807, 2.05) is 0 Å². The highest BCUT2D eigenvalue weighted by Crippen LogP contribution is 2.31. The van der Waals surface area contributed by atoms with E-state index in [1.165, 1.54) is 51.4 Å². The molecule has 0 aliphatic heterocycles. The number of hydrogen-bond donors (Lipinski definition) is 0. The fourth-order valence-corrected chi connectivity index (χ4v) is 3.13. The molecule has 0 saturated heterocycles. The number of rotatable bonds is 0. The lowest BCUT2D eigenvalue weighted by molar-refractivity contribution is 0.710. The smallest absolute Gasteiger partial charge is 0.0270 e. The summed E-state index contributed by atoms with van der Waals surface area (Å²) in [5.74, 6) is 0. The van der Waals surface area contributed by atoms with E-state index in [2.05, 4.69) is 12.1 Å². The molecule has 0 saturated carbocycles. The zero-order chi connectivity index (χ0) is 9.38. The second-order valence-electron chi connectivity index (χ2n) is 4.76. The van der Waals surface area contributed by atoms with Crippen molar-refractivity contribution in [3.05, 3.63) is 34.4 Å². The highest BCUT2D eigenvalue weighted by Gasteiger charge is 2.18. The molecule has 0 aromatic heterocycles. The van der Waals surface area contributed by atoms with Crippen LogP contribution in [0.4, 0.5) is 0 Å². The minimum absolute atomic E-state index is 1.34. The summed E-state index contributed by atoms with van der Waals surface area (Å²) in [6, 6.07) is 4.80. The van der Waals surface area contributed by atoms with Gasteiger partial charge in [0.2, 0.25) is 0 Å². The summed E-state index contributed by atoms with van der Waals surface area (Å²) in [7, 11) is 0. The highest BCUT2D eigenvalue weighted by atomic mass is 14.2. The Bertz CT molecular complexity index is 349. The summed E-state index contributed by atoms with van der Waals surface area (Å²) >= 11 is 0. The van der Waals surface area contributed by atoms with Crippen LogP contribution in [0.3, 0.4) is 0 Å². The number of aryl methyl sites for hydroxylation is 2. The minimum atomic E-state index is 1.34. The van der Waals surface area contributed by atoms with E-state index < -0.39 is 0 Å². The van der Waals surface area contributed by atoms with E-state index in [4.69, 9.17) is 0 Å². The molecule has 14 heavy (non-hydrogen) atoms. The Kier molecular flexibility index (Phi) is 2.08. The number of fused-ring (bicyclic) bond motifs is 3. The molecule has 0 fully saturated rings. The van der Waals surface area contributed by atoms with Gasteiger partial charge in [0.1, 0.15) is 0 Å². The molecule has 0 atom stereocenters. The first-order valence-electron chi connectivity index (χ1n) is 6.07. The average Bonchev–Trinajstić information content (AvgIpc) is 2.55. The van der Waals surface area contributed by atoms with Gasteiger partial charge in [0.15, 0.2) is 0 Å². The molecule has 2 aliphatic carbocycles. The van der Waals surface area contributed by atoms with Crippen molar-refractivity contribution in [3.8, 4) is 0 Å². The molecule has 0 N–H and O–H groups in total. The molecule has 0 radical (unpaired) electrons. The predicted octanol–water partition coefficient (Wildman–Crippen LogP) is 3.44. The van der Waals surface area contributed by atoms with Gasteiger partial charge in [-0.2, -0.15) is 0 Å². The van der Waals surface area contributed by atoms with Gasteiger partial charge in [-0.25, -0.2) is 0 Å². The molecule has 0 heterocycles. The average molecular weight is 186 g/mol. The van der Waals surface area contributed by atoms with Crippen LogP contribution >= 0.6 is 0 Å². The molecule has 0 heteroatoms. The summed E-state index contributed by atoms with van der Waals surface area (Å²) in [5.41, 5.74) is 6.82. The summed E-state index contributed by atoms with van der Waals surface area (Å²) in [6.45, 7) is 0. The lowest BCUT2D eigenvalue weighted by atomic mass is 9.94. The Balaban J connectivity index is 2.11. The first kappa shape index (κ1) is 8.52. The third kappa shape index (κ3) is 1.28. The van der Waals surface area contributed by atoms with Crippen LogP contribution in [-0.4, -0.2) is 0 Å². The Hall–Kier alpha value is -0.780. The van der Waals surface area contributed by atoms with Gasteiger partial charge < -0.3 is 0 Å². The van der Waals surface area contributed by atoms with Gasteiger partial charge in [-0.15, -0.1) is 0 Å². The third-order valence-corrected chi connectivity index (χ3v) is 3.87. The lowest BCUT2D eigenvalue weighted by Gasteiger charge is -2.11. The van der Waals surface area contributed by atoms with Crippen molar-refractivity contribution >= 4 is 0 Å². The first-order valence-corrected chi connectivity index (χ1v) is 6.07. The zero-order valence-corrected chi connectivity index (χ0v) is 8.81. The molecule has 0 amide bonds. The fraction of sp³-hybridized carbons (Fsp3) is 0.571. The topological polar surface area (TPSA) is 0 Å². The van der Waals surface area contributed by atoms with E-state index in [0.717, 1.165) is 0 Å². The lowest BCUT2D eigenvalue weighted by Crippen LogP contribution is -1.97. The predicted molar refractivity (Wildman–Crippen MR) is 59.7 cm³/mol. The Labute approximate surface area is 86.3 Å². The van der Waals surface area contributed by atoms with Crippen LogP contribution in [0.2, 0.25) is 0 Å². The SMILES string of the molecule is c1cc2c(c3c1CCCCC3)CCC2. The van der Waals surface area contributed by atoms with E-state index in [1.54, 1.807) is 22.3 Å². The summed E-state index contributed by atoms with van der Waals surface area (Å²) in [4.78, 5) is 0. The van der Waals surface area contributed by atoms with Crippen LogP contribution in [0, 0.1) is 0 Å². The quantitative estimate of drug-likeness (QED) is 0.544. The maximum Gasteiger partial charge on any atom is -0.0270 e. The molecular weight excluding hydrogens is 168 g/mol. The Morgan fingerprint density at radius 1 is 0.571 bits per heavy atom. The molecular formula is C14H18. The molecule has 3 rings (SSSR count). The van der Waals surface area contributed by atoms with Gasteiger partial charge in [-0.05, 0) is 67.2 Å². The summed E-state index contributed by atoms with van der Waals surface area (Å²) in [5, 5.41) is 0. The van der Waals surface area contributed by atoms with Crippen LogP contribution in [0.5, 0.6) is 0 Å². The monoisotopic (exact) mass is 186 g/mol. The van der Waals surface area contributed by atoms with Crippen molar-refractivity contribution in [2.75, 3.05) is 0 Å². The Morgan fingerprint density at radius 2 is 1.14 bits per heavy atom. The summed E-state index contributed by atoms with van der Waals surface area (Å²) in [6.07, 6.45) is 11.0. The standard InChI is InChI=1S/C14H18/c1-2-5-11-9-10-12-6-4-8-14(12)13(11)7-3-1/h9-10H,1-8H2. The molecule has 0 spiro atoms. The third-order valence-electron chi connectivity index (χ3n) is 3.87. The van der Waals surface area contributed by atoms with Gasteiger partial charge in [0.25, 0.3) is 0 Å². The molecule has 74 valence electrons. The van der Waals surface area contributed by atoms with Crippen LogP contribution in [0.25, 0.3) is 0 Å². The van der Waals surface area contributed by atoms with Crippen LogP contribution in [0.15, 0.2) is 12.1 Å². The van der Waals surface area contributed by atoms with Crippen LogP contribution in [-0.2, 0) is 25.7 Å². The molecule has 0 bridgehead atoms. The van der Waals surface area contributed by atoms with Crippen molar-refractivity contribution in [1.29, 1.82) is 0 Å². The second-order valence-corrected chi connectivity index (χ2v) is 4.76. The fourth-order valence-electron chi connectivity index (χ4n) is 3.13. The molecule has 0 nitrogen and oxygen atoms in total. The number of benzene rings is 1. The molecule has 1 aromatic carbocycles. The van der Waals surface area contributed by atoms with Crippen LogP contribution in [0.1, 0.15) is 47.9 Å². The van der Waals surface area contributed by atoms with E-state index in [0.29, 0.717) is 0 Å². The van der Waals surface area contributed by atoms with Crippen molar-refractivity contribution in [3.63, 3.8) is 0 Å². The van der Waals surface area contributed by atoms with E-state index >= 15 is 0 Å². The van der Waals surface area contributed by atoms with Crippen molar-refractivity contribution in [2.45, 2.75) is 51.4 Å². The van der Waals surface area contributed by atoms with Crippen LogP contribution < -0.4 is 0 Å². The normalized spacial score (nSPS) is 20.0. The highest BCUT2D eigenvalue weighted by molar-refractivity contribution is 5.44. The van der Waals surface area contributed by atoms with E-state index in [9.17, 15) is 0 Å². The number of hydrogen-bond acceptors (Lipinski definition) is 0. The van der Waals surface area contributed by atoms with Crippen molar-refractivity contribution < 1.29 is 0 Å². The van der Waals surface area contributed by atoms with Crippen molar-refractivity contribution in [2.24, 2.45) is 0 Å². The van der Waals surface area contributed by atoms with E-state index in [-0.39, 0.29) is 0 Å². The van der Waals surface area contributed by atoms with Gasteiger partial charge in [0, 0.05) is 0 Å². The summed E-state index contributed by atoms with van der Waals surface area (Å²) < 4.78 is 0. The van der Waals surface area contributed by atoms with Crippen molar-refractivity contribution in [1.82, 2.24) is 0 Å². The minimum Gasteiger partial charge on any atom is -0.0585 e. The Morgan fingerprint density at radius 3 is 1.93 bits per heavy atom. The van der Waals surface area contributed by atoms with Gasteiger partial charge >= 0.3 is 0 Å². The maximum absolute atomic E-state index is 2.41. The molecule has 1 aromatic rings. The molecule has 0 unspecified atom stereocenters. The zero-order valence-electron chi connectivity index (χ0n) is 8.81. The second kappa shape index (κ2) is 3.42. The maximum atomic E-state index is 2.41. The largest absolute Gasteiger partial charge is 0.0585 e. The van der Waals surface area contributed by atoms with Gasteiger partial charge in [0.05, 0.1) is 0 Å². The molecule has 2 aliphatic rings. The van der Waals surface area contributed by atoms with Gasteiger partial charge in [-0.1, -0.05) is 18.6 Å².